The zero-order chi connectivity index (χ0) is 9.19. The van der Waals surface area contributed by atoms with Gasteiger partial charge in [-0.15, -0.1) is 0 Å². The fraction of sp³-hybridized carbons (Fsp3) is 0.750. The number of alkyl halides is 1. The molecule has 0 aromatic heterocycles. The van der Waals surface area contributed by atoms with Crippen LogP contribution in [0.3, 0.4) is 0 Å². The number of esters is 1. The summed E-state index contributed by atoms with van der Waals surface area (Å²) in [5.74, 6) is -0.795. The van der Waals surface area contributed by atoms with Crippen molar-refractivity contribution in [2.45, 2.75) is 31.1 Å². The number of ketones is 1. The summed E-state index contributed by atoms with van der Waals surface area (Å²) < 4.78 is 4.71. The Labute approximate surface area is 76.0 Å². The van der Waals surface area contributed by atoms with Crippen molar-refractivity contribution in [2.24, 2.45) is 0 Å². The Bertz CT molecular complexity index is 214. The Balaban J connectivity index is 2.70. The van der Waals surface area contributed by atoms with Crippen molar-refractivity contribution in [1.29, 1.82) is 0 Å². The van der Waals surface area contributed by atoms with E-state index in [1.54, 1.807) is 6.92 Å². The average molecular weight is 191 g/mol. The molecule has 1 saturated carbocycles. The third-order valence-electron chi connectivity index (χ3n) is 1.97. The number of Topliss-reactive ketones (excluding diaryl/α,β-unsaturated/α-hetero) is 1. The van der Waals surface area contributed by atoms with Gasteiger partial charge in [0.25, 0.3) is 0 Å². The quantitative estimate of drug-likeness (QED) is 0.374. The number of carbonyl (C=O) groups is 2. The molecule has 0 heterocycles. The molecule has 0 amide bonds. The molecule has 1 aliphatic carbocycles. The molecule has 0 saturated heterocycles. The first kappa shape index (κ1) is 9.52. The Morgan fingerprint density at radius 2 is 2.42 bits per heavy atom. The van der Waals surface area contributed by atoms with Gasteiger partial charge in [0.1, 0.15) is 0 Å². The maximum atomic E-state index is 11.2. The third kappa shape index (κ3) is 1.46. The average Bonchev–Trinajstić information content (AvgIpc) is 2.34. The van der Waals surface area contributed by atoms with Crippen LogP contribution in [-0.2, 0) is 14.3 Å². The maximum absolute atomic E-state index is 11.2. The van der Waals surface area contributed by atoms with Crippen molar-refractivity contribution >= 4 is 23.4 Å². The van der Waals surface area contributed by atoms with Gasteiger partial charge in [0.15, 0.2) is 10.7 Å². The zero-order valence-corrected chi connectivity index (χ0v) is 7.69. The number of hydrogen-bond donors (Lipinski definition) is 0. The van der Waals surface area contributed by atoms with Crippen LogP contribution in [0.1, 0.15) is 26.2 Å². The standard InChI is InChI=1S/C8H11ClO3/c1-2-12-7(11)8(9)5-3-4-6(8)10/h2-5H2,1H3. The van der Waals surface area contributed by atoms with Crippen molar-refractivity contribution in [3.8, 4) is 0 Å². The summed E-state index contributed by atoms with van der Waals surface area (Å²) in [6.45, 7) is 1.96. The lowest BCUT2D eigenvalue weighted by atomic mass is 10.1. The van der Waals surface area contributed by atoms with Crippen LogP contribution < -0.4 is 0 Å². The fourth-order valence-electron chi connectivity index (χ4n) is 1.29. The Morgan fingerprint density at radius 1 is 1.75 bits per heavy atom. The van der Waals surface area contributed by atoms with Gasteiger partial charge in [0.05, 0.1) is 6.61 Å². The summed E-state index contributed by atoms with van der Waals surface area (Å²) in [5, 5.41) is 0. The number of halogens is 1. The van der Waals surface area contributed by atoms with Crippen LogP contribution in [0.25, 0.3) is 0 Å². The lowest BCUT2D eigenvalue weighted by Crippen LogP contribution is -2.38. The van der Waals surface area contributed by atoms with E-state index in [0.29, 0.717) is 19.3 Å². The van der Waals surface area contributed by atoms with Crippen LogP contribution in [0.15, 0.2) is 0 Å². The lowest BCUT2D eigenvalue weighted by Gasteiger charge is -2.16. The topological polar surface area (TPSA) is 43.4 Å². The normalized spacial score (nSPS) is 29.0. The van der Waals surface area contributed by atoms with E-state index in [1.165, 1.54) is 0 Å². The number of ether oxygens (including phenoxy) is 1. The number of hydrogen-bond acceptors (Lipinski definition) is 3. The first-order valence-corrected chi connectivity index (χ1v) is 4.38. The highest BCUT2D eigenvalue weighted by Crippen LogP contribution is 2.33. The molecule has 0 N–H and O–H groups in total. The van der Waals surface area contributed by atoms with E-state index in [-0.39, 0.29) is 12.4 Å². The van der Waals surface area contributed by atoms with Crippen molar-refractivity contribution in [2.75, 3.05) is 6.61 Å². The lowest BCUT2D eigenvalue weighted by molar-refractivity contribution is -0.148. The van der Waals surface area contributed by atoms with Crippen molar-refractivity contribution in [1.82, 2.24) is 0 Å². The largest absolute Gasteiger partial charge is 0.464 e. The molecule has 0 spiro atoms. The summed E-state index contributed by atoms with van der Waals surface area (Å²) in [7, 11) is 0. The molecule has 0 aromatic rings. The van der Waals surface area contributed by atoms with Crippen LogP contribution in [0.2, 0.25) is 0 Å². The van der Waals surface area contributed by atoms with Gasteiger partial charge < -0.3 is 4.74 Å². The second-order valence-electron chi connectivity index (χ2n) is 2.80. The fourth-order valence-corrected chi connectivity index (χ4v) is 1.57. The smallest absolute Gasteiger partial charge is 0.334 e. The molecule has 0 bridgehead atoms. The third-order valence-corrected chi connectivity index (χ3v) is 2.52. The summed E-state index contributed by atoms with van der Waals surface area (Å²) in [5.41, 5.74) is 0. The molecule has 0 radical (unpaired) electrons. The van der Waals surface area contributed by atoms with Crippen LogP contribution in [-0.4, -0.2) is 23.2 Å². The molecule has 4 heteroatoms. The predicted molar refractivity (Wildman–Crippen MR) is 44.1 cm³/mol. The van der Waals surface area contributed by atoms with E-state index in [4.69, 9.17) is 16.3 Å². The van der Waals surface area contributed by atoms with Crippen LogP contribution in [0, 0.1) is 0 Å². The molecule has 1 atom stereocenters. The summed E-state index contributed by atoms with van der Waals surface area (Å²) in [4.78, 5) is 21.0. The summed E-state index contributed by atoms with van der Waals surface area (Å²) >= 11 is 5.83. The van der Waals surface area contributed by atoms with E-state index in [2.05, 4.69) is 0 Å². The first-order valence-electron chi connectivity index (χ1n) is 4.00. The van der Waals surface area contributed by atoms with Crippen LogP contribution >= 0.6 is 11.6 Å². The van der Waals surface area contributed by atoms with Gasteiger partial charge in [0, 0.05) is 6.42 Å². The second kappa shape index (κ2) is 3.44. The Kier molecular flexibility index (Phi) is 2.73. The van der Waals surface area contributed by atoms with Gasteiger partial charge in [-0.1, -0.05) is 11.6 Å². The molecule has 12 heavy (non-hydrogen) atoms. The summed E-state index contributed by atoms with van der Waals surface area (Å²) in [6, 6.07) is 0. The number of rotatable bonds is 2. The Morgan fingerprint density at radius 3 is 2.83 bits per heavy atom. The van der Waals surface area contributed by atoms with Gasteiger partial charge in [-0.3, -0.25) is 4.79 Å². The summed E-state index contributed by atoms with van der Waals surface area (Å²) in [6.07, 6.45) is 1.48. The highest BCUT2D eigenvalue weighted by molar-refractivity contribution is 6.46. The minimum absolute atomic E-state index is 0.206. The van der Waals surface area contributed by atoms with Crippen molar-refractivity contribution < 1.29 is 14.3 Å². The van der Waals surface area contributed by atoms with Crippen molar-refractivity contribution in [3.63, 3.8) is 0 Å². The highest BCUT2D eigenvalue weighted by atomic mass is 35.5. The second-order valence-corrected chi connectivity index (χ2v) is 3.44. The monoisotopic (exact) mass is 190 g/mol. The molecule has 1 aliphatic rings. The van der Waals surface area contributed by atoms with Gasteiger partial charge in [0.2, 0.25) is 0 Å². The van der Waals surface area contributed by atoms with Gasteiger partial charge in [-0.25, -0.2) is 4.79 Å². The van der Waals surface area contributed by atoms with Gasteiger partial charge in [-0.05, 0) is 19.8 Å². The van der Waals surface area contributed by atoms with Crippen LogP contribution in [0.5, 0.6) is 0 Å². The molecule has 1 rings (SSSR count). The molecule has 1 unspecified atom stereocenters. The van der Waals surface area contributed by atoms with E-state index >= 15 is 0 Å². The first-order chi connectivity index (χ1) is 5.61. The maximum Gasteiger partial charge on any atom is 0.334 e. The minimum Gasteiger partial charge on any atom is -0.464 e. The zero-order valence-electron chi connectivity index (χ0n) is 6.93. The molecule has 3 nitrogen and oxygen atoms in total. The molecule has 68 valence electrons. The SMILES string of the molecule is CCOC(=O)C1(Cl)CCCC1=O. The van der Waals surface area contributed by atoms with Crippen molar-refractivity contribution in [3.05, 3.63) is 0 Å². The van der Waals surface area contributed by atoms with E-state index in [9.17, 15) is 9.59 Å². The predicted octanol–water partition coefficient (Wildman–Crippen LogP) is 1.28. The highest BCUT2D eigenvalue weighted by Gasteiger charge is 2.48. The molecule has 1 fully saturated rings. The number of carbonyl (C=O) groups excluding carboxylic acids is 2. The molecule has 0 aliphatic heterocycles. The van der Waals surface area contributed by atoms with E-state index in [0.717, 1.165) is 0 Å². The molecular weight excluding hydrogens is 180 g/mol. The van der Waals surface area contributed by atoms with E-state index < -0.39 is 10.8 Å². The molecule has 0 aromatic carbocycles. The van der Waals surface area contributed by atoms with Gasteiger partial charge in [-0.2, -0.15) is 0 Å². The minimum atomic E-state index is -1.37. The Hall–Kier alpha value is -0.570. The van der Waals surface area contributed by atoms with Gasteiger partial charge >= 0.3 is 5.97 Å². The molecular formula is C8H11ClO3. The van der Waals surface area contributed by atoms with Crippen LogP contribution in [0.4, 0.5) is 0 Å². The van der Waals surface area contributed by atoms with E-state index in [1.807, 2.05) is 0 Å².